The van der Waals surface area contributed by atoms with Crippen LogP contribution < -0.4 is 10.2 Å². The molecule has 132 valence electrons. The Kier molecular flexibility index (Phi) is 6.01. The Morgan fingerprint density at radius 2 is 2.04 bits per heavy atom. The summed E-state index contributed by atoms with van der Waals surface area (Å²) in [5, 5.41) is 2.99. The molecule has 2 aromatic rings. The number of piperidine rings is 1. The lowest BCUT2D eigenvalue weighted by molar-refractivity contribution is 0.102. The zero-order valence-electron chi connectivity index (χ0n) is 14.7. The third kappa shape index (κ3) is 4.57. The zero-order valence-corrected chi connectivity index (χ0v) is 14.7. The highest BCUT2D eigenvalue weighted by molar-refractivity contribution is 6.07. The number of benzene rings is 1. The number of amides is 1. The van der Waals surface area contributed by atoms with E-state index in [4.69, 9.17) is 4.74 Å². The average Bonchev–Trinajstić information content (AvgIpc) is 2.67. The first-order valence-electron chi connectivity index (χ1n) is 8.96. The molecule has 2 heterocycles. The third-order valence-electron chi connectivity index (χ3n) is 4.34. The van der Waals surface area contributed by atoms with Gasteiger partial charge in [0, 0.05) is 31.6 Å². The fourth-order valence-corrected chi connectivity index (χ4v) is 3.09. The van der Waals surface area contributed by atoms with Crippen molar-refractivity contribution in [1.82, 2.24) is 4.98 Å². The normalized spacial score (nSPS) is 14.4. The van der Waals surface area contributed by atoms with Gasteiger partial charge in [-0.2, -0.15) is 0 Å². The first-order valence-corrected chi connectivity index (χ1v) is 8.96. The van der Waals surface area contributed by atoms with Crippen molar-refractivity contribution < 1.29 is 9.53 Å². The van der Waals surface area contributed by atoms with Gasteiger partial charge in [-0.15, -0.1) is 0 Å². The maximum atomic E-state index is 12.8. The van der Waals surface area contributed by atoms with E-state index in [1.807, 2.05) is 43.3 Å². The van der Waals surface area contributed by atoms with Gasteiger partial charge in [0.05, 0.1) is 12.2 Å². The molecule has 5 heteroatoms. The Morgan fingerprint density at radius 1 is 1.20 bits per heavy atom. The van der Waals surface area contributed by atoms with Crippen molar-refractivity contribution in [3.8, 4) is 0 Å². The summed E-state index contributed by atoms with van der Waals surface area (Å²) in [5.74, 6) is 0.660. The number of hydrogen-bond acceptors (Lipinski definition) is 4. The summed E-state index contributed by atoms with van der Waals surface area (Å²) in [4.78, 5) is 19.5. The van der Waals surface area contributed by atoms with Crippen LogP contribution in [0.25, 0.3) is 0 Å². The highest BCUT2D eigenvalue weighted by atomic mass is 16.5. The summed E-state index contributed by atoms with van der Waals surface area (Å²) in [7, 11) is 0. The highest BCUT2D eigenvalue weighted by Gasteiger charge is 2.19. The molecule has 0 atom stereocenters. The lowest BCUT2D eigenvalue weighted by Crippen LogP contribution is -2.32. The number of ether oxygens (including phenoxy) is 1. The Labute approximate surface area is 149 Å². The molecule has 1 aliphatic heterocycles. The van der Waals surface area contributed by atoms with Crippen LogP contribution >= 0.6 is 0 Å². The van der Waals surface area contributed by atoms with E-state index in [-0.39, 0.29) is 5.91 Å². The Bertz CT molecular complexity index is 712. The fourth-order valence-electron chi connectivity index (χ4n) is 3.09. The van der Waals surface area contributed by atoms with Gasteiger partial charge in [-0.25, -0.2) is 4.98 Å². The molecule has 0 saturated carbocycles. The van der Waals surface area contributed by atoms with E-state index in [0.717, 1.165) is 43.0 Å². The smallest absolute Gasteiger partial charge is 0.259 e. The van der Waals surface area contributed by atoms with Gasteiger partial charge in [0.2, 0.25) is 0 Å². The maximum Gasteiger partial charge on any atom is 0.259 e. The van der Waals surface area contributed by atoms with Crippen molar-refractivity contribution in [2.45, 2.75) is 32.8 Å². The minimum atomic E-state index is -0.123. The number of anilines is 2. The molecule has 1 saturated heterocycles. The predicted octanol–water partition coefficient (Wildman–Crippen LogP) is 3.86. The maximum absolute atomic E-state index is 12.8. The lowest BCUT2D eigenvalue weighted by atomic mass is 10.1. The summed E-state index contributed by atoms with van der Waals surface area (Å²) < 4.78 is 5.43. The van der Waals surface area contributed by atoms with E-state index in [0.29, 0.717) is 18.8 Å². The second kappa shape index (κ2) is 8.62. The van der Waals surface area contributed by atoms with Crippen molar-refractivity contribution in [3.63, 3.8) is 0 Å². The van der Waals surface area contributed by atoms with E-state index in [2.05, 4.69) is 15.2 Å². The highest BCUT2D eigenvalue weighted by Crippen LogP contribution is 2.23. The molecule has 1 aliphatic rings. The van der Waals surface area contributed by atoms with Crippen LogP contribution in [-0.4, -0.2) is 30.6 Å². The van der Waals surface area contributed by atoms with Gasteiger partial charge in [-0.05, 0) is 56.0 Å². The second-order valence-corrected chi connectivity index (χ2v) is 6.21. The minimum Gasteiger partial charge on any atom is -0.377 e. The molecule has 0 spiro atoms. The predicted molar refractivity (Wildman–Crippen MR) is 100 cm³/mol. The number of nitrogens with zero attached hydrogens (tertiary/aromatic N) is 2. The number of carbonyl (C=O) groups is 1. The van der Waals surface area contributed by atoms with Crippen LogP contribution in [0.2, 0.25) is 0 Å². The number of carbonyl (C=O) groups excluding carboxylic acids is 1. The SMILES string of the molecule is CCOCc1cccc(NC(=O)c2cccnc2N2CCCCC2)c1. The number of nitrogens with one attached hydrogen (secondary N) is 1. The molecule has 1 amide bonds. The molecule has 25 heavy (non-hydrogen) atoms. The van der Waals surface area contributed by atoms with Gasteiger partial charge in [0.1, 0.15) is 5.82 Å². The molecule has 0 aliphatic carbocycles. The van der Waals surface area contributed by atoms with Crippen LogP contribution in [0.3, 0.4) is 0 Å². The Morgan fingerprint density at radius 3 is 2.84 bits per heavy atom. The quantitative estimate of drug-likeness (QED) is 0.868. The molecule has 1 aromatic heterocycles. The molecule has 3 rings (SSSR count). The Hall–Kier alpha value is -2.40. The van der Waals surface area contributed by atoms with Gasteiger partial charge in [0.25, 0.3) is 5.91 Å². The monoisotopic (exact) mass is 339 g/mol. The topological polar surface area (TPSA) is 54.5 Å². The van der Waals surface area contributed by atoms with Crippen LogP contribution in [0.15, 0.2) is 42.6 Å². The van der Waals surface area contributed by atoms with Crippen molar-refractivity contribution in [2.24, 2.45) is 0 Å². The fraction of sp³-hybridized carbons (Fsp3) is 0.400. The van der Waals surface area contributed by atoms with Crippen molar-refractivity contribution in [2.75, 3.05) is 29.9 Å². The van der Waals surface area contributed by atoms with E-state index < -0.39 is 0 Å². The van der Waals surface area contributed by atoms with E-state index in [1.54, 1.807) is 6.20 Å². The molecule has 0 radical (unpaired) electrons. The Balaban J connectivity index is 1.75. The summed E-state index contributed by atoms with van der Waals surface area (Å²) in [5.41, 5.74) is 2.44. The van der Waals surface area contributed by atoms with Crippen LogP contribution in [0.4, 0.5) is 11.5 Å². The molecule has 1 N–H and O–H groups in total. The number of hydrogen-bond donors (Lipinski definition) is 1. The van der Waals surface area contributed by atoms with Crippen LogP contribution in [0.1, 0.15) is 42.1 Å². The molecular formula is C20H25N3O2. The summed E-state index contributed by atoms with van der Waals surface area (Å²) in [6, 6.07) is 11.4. The van der Waals surface area contributed by atoms with E-state index >= 15 is 0 Å². The first-order chi connectivity index (χ1) is 12.3. The lowest BCUT2D eigenvalue weighted by Gasteiger charge is -2.29. The van der Waals surface area contributed by atoms with Gasteiger partial charge >= 0.3 is 0 Å². The van der Waals surface area contributed by atoms with E-state index in [9.17, 15) is 4.79 Å². The minimum absolute atomic E-state index is 0.123. The summed E-state index contributed by atoms with van der Waals surface area (Å²) in [6.07, 6.45) is 5.30. The van der Waals surface area contributed by atoms with Crippen LogP contribution in [-0.2, 0) is 11.3 Å². The number of aromatic nitrogens is 1. The van der Waals surface area contributed by atoms with Crippen molar-refractivity contribution >= 4 is 17.4 Å². The molecule has 0 bridgehead atoms. The van der Waals surface area contributed by atoms with Crippen molar-refractivity contribution in [3.05, 3.63) is 53.7 Å². The van der Waals surface area contributed by atoms with Gasteiger partial charge in [0.15, 0.2) is 0 Å². The molecule has 0 unspecified atom stereocenters. The zero-order chi connectivity index (χ0) is 17.5. The standard InChI is InChI=1S/C20H25N3O2/c1-2-25-15-16-8-6-9-17(14-16)22-20(24)18-10-7-11-21-19(18)23-12-4-3-5-13-23/h6-11,14H,2-5,12-13,15H2,1H3,(H,22,24). The third-order valence-corrected chi connectivity index (χ3v) is 4.34. The van der Waals surface area contributed by atoms with Gasteiger partial charge in [-0.3, -0.25) is 4.79 Å². The number of rotatable bonds is 6. The van der Waals surface area contributed by atoms with E-state index in [1.165, 1.54) is 6.42 Å². The van der Waals surface area contributed by atoms with Crippen LogP contribution in [0.5, 0.6) is 0 Å². The van der Waals surface area contributed by atoms with Crippen LogP contribution in [0, 0.1) is 0 Å². The average molecular weight is 339 g/mol. The summed E-state index contributed by atoms with van der Waals surface area (Å²) in [6.45, 7) is 5.11. The largest absolute Gasteiger partial charge is 0.377 e. The first kappa shape index (κ1) is 17.4. The molecule has 1 aromatic carbocycles. The van der Waals surface area contributed by atoms with Gasteiger partial charge < -0.3 is 15.0 Å². The van der Waals surface area contributed by atoms with Crippen molar-refractivity contribution in [1.29, 1.82) is 0 Å². The summed E-state index contributed by atoms with van der Waals surface area (Å²) >= 11 is 0. The molecule has 5 nitrogen and oxygen atoms in total. The number of pyridine rings is 1. The second-order valence-electron chi connectivity index (χ2n) is 6.21. The van der Waals surface area contributed by atoms with Gasteiger partial charge in [-0.1, -0.05) is 12.1 Å². The molecule has 1 fully saturated rings. The molecular weight excluding hydrogens is 314 g/mol.